The van der Waals surface area contributed by atoms with Crippen molar-refractivity contribution in [2.45, 2.75) is 23.8 Å². The lowest BCUT2D eigenvalue weighted by atomic mass is 10.0. The second-order valence-electron chi connectivity index (χ2n) is 7.30. The standard InChI is InChI=1S/C20H21F2N5O2S/c1-25(2)19-8-6-15(13-23-19)30(28,29)27-20(9-10-24-27)26-11-3-4-18(26)16-12-14(21)5-7-17(16)22/h5-10,12-13,18H,3-4,11H2,1-2H3. The SMILES string of the molecule is CN(C)c1ccc(S(=O)(=O)n2nccc2N2CCCC2c2cc(F)ccc2F)cn1. The van der Waals surface area contributed by atoms with E-state index in [1.54, 1.807) is 36.0 Å². The van der Waals surface area contributed by atoms with Crippen LogP contribution >= 0.6 is 0 Å². The predicted octanol–water partition coefficient (Wildman–Crippen LogP) is 3.20. The molecule has 7 nitrogen and oxygen atoms in total. The van der Waals surface area contributed by atoms with Gasteiger partial charge in [-0.15, -0.1) is 4.09 Å². The Morgan fingerprint density at radius 1 is 1.13 bits per heavy atom. The molecule has 3 aromatic rings. The lowest BCUT2D eigenvalue weighted by Crippen LogP contribution is -2.28. The molecule has 0 radical (unpaired) electrons. The van der Waals surface area contributed by atoms with Crippen molar-refractivity contribution < 1.29 is 17.2 Å². The number of aromatic nitrogens is 3. The molecule has 1 saturated heterocycles. The molecule has 0 amide bonds. The fraction of sp³-hybridized carbons (Fsp3) is 0.300. The second kappa shape index (κ2) is 7.67. The zero-order valence-corrected chi connectivity index (χ0v) is 17.4. The minimum Gasteiger partial charge on any atom is -0.363 e. The van der Waals surface area contributed by atoms with Crippen molar-refractivity contribution in [3.63, 3.8) is 0 Å². The van der Waals surface area contributed by atoms with Gasteiger partial charge in [0.1, 0.15) is 28.2 Å². The van der Waals surface area contributed by atoms with Gasteiger partial charge in [-0.3, -0.25) is 0 Å². The van der Waals surface area contributed by atoms with Crippen LogP contribution < -0.4 is 9.80 Å². The molecular weight excluding hydrogens is 412 g/mol. The molecule has 1 unspecified atom stereocenters. The molecule has 1 aliphatic rings. The van der Waals surface area contributed by atoms with Gasteiger partial charge in [-0.1, -0.05) is 0 Å². The highest BCUT2D eigenvalue weighted by atomic mass is 32.2. The minimum atomic E-state index is -4.02. The van der Waals surface area contributed by atoms with Crippen molar-refractivity contribution in [2.75, 3.05) is 30.4 Å². The third kappa shape index (κ3) is 3.51. The molecule has 1 aliphatic heterocycles. The first-order chi connectivity index (χ1) is 14.3. The normalized spacial score (nSPS) is 16.8. The summed E-state index contributed by atoms with van der Waals surface area (Å²) in [6, 6.07) is 7.48. The van der Waals surface area contributed by atoms with Gasteiger partial charge in [0.2, 0.25) is 0 Å². The quantitative estimate of drug-likeness (QED) is 0.616. The van der Waals surface area contributed by atoms with Crippen LogP contribution in [0, 0.1) is 11.6 Å². The number of hydrogen-bond acceptors (Lipinski definition) is 6. The van der Waals surface area contributed by atoms with Gasteiger partial charge in [-0.05, 0) is 43.2 Å². The Kier molecular flexibility index (Phi) is 5.19. The molecule has 1 aromatic carbocycles. The number of rotatable bonds is 5. The molecule has 0 aliphatic carbocycles. The molecule has 10 heteroatoms. The van der Waals surface area contributed by atoms with Crippen molar-refractivity contribution in [2.24, 2.45) is 0 Å². The molecule has 30 heavy (non-hydrogen) atoms. The lowest BCUT2D eigenvalue weighted by Gasteiger charge is -2.27. The zero-order valence-electron chi connectivity index (χ0n) is 16.5. The van der Waals surface area contributed by atoms with Crippen molar-refractivity contribution in [1.82, 2.24) is 14.2 Å². The number of hydrogen-bond donors (Lipinski definition) is 0. The summed E-state index contributed by atoms with van der Waals surface area (Å²) in [5.74, 6) is -0.134. The predicted molar refractivity (Wildman–Crippen MR) is 109 cm³/mol. The third-order valence-electron chi connectivity index (χ3n) is 5.16. The maximum absolute atomic E-state index is 14.4. The van der Waals surface area contributed by atoms with E-state index in [4.69, 9.17) is 0 Å². The van der Waals surface area contributed by atoms with Gasteiger partial charge in [0.15, 0.2) is 0 Å². The van der Waals surface area contributed by atoms with Crippen molar-refractivity contribution >= 4 is 21.7 Å². The molecule has 0 N–H and O–H groups in total. The molecule has 0 saturated carbocycles. The van der Waals surface area contributed by atoms with Crippen LogP contribution in [-0.2, 0) is 10.0 Å². The van der Waals surface area contributed by atoms with Crippen LogP contribution in [0.25, 0.3) is 0 Å². The first-order valence-electron chi connectivity index (χ1n) is 9.43. The van der Waals surface area contributed by atoms with Crippen LogP contribution in [0.2, 0.25) is 0 Å². The second-order valence-corrected chi connectivity index (χ2v) is 9.07. The molecule has 4 rings (SSSR count). The summed E-state index contributed by atoms with van der Waals surface area (Å²) in [6.07, 6.45) is 3.95. The highest BCUT2D eigenvalue weighted by molar-refractivity contribution is 7.90. The average Bonchev–Trinajstić information content (AvgIpc) is 3.39. The average molecular weight is 433 g/mol. The summed E-state index contributed by atoms with van der Waals surface area (Å²) in [5, 5.41) is 4.02. The Morgan fingerprint density at radius 2 is 1.93 bits per heavy atom. The lowest BCUT2D eigenvalue weighted by molar-refractivity contribution is 0.556. The third-order valence-corrected chi connectivity index (χ3v) is 6.73. The van der Waals surface area contributed by atoms with E-state index < -0.39 is 27.7 Å². The van der Waals surface area contributed by atoms with Crippen LogP contribution in [0.3, 0.4) is 0 Å². The molecule has 2 aromatic heterocycles. The molecule has 0 spiro atoms. The summed E-state index contributed by atoms with van der Waals surface area (Å²) in [6.45, 7) is 0.500. The summed E-state index contributed by atoms with van der Waals surface area (Å²) >= 11 is 0. The molecule has 1 fully saturated rings. The van der Waals surface area contributed by atoms with E-state index in [9.17, 15) is 17.2 Å². The molecule has 1 atom stereocenters. The minimum absolute atomic E-state index is 0.00858. The van der Waals surface area contributed by atoms with Gasteiger partial charge in [-0.25, -0.2) is 13.8 Å². The Hall–Kier alpha value is -3.01. The van der Waals surface area contributed by atoms with Gasteiger partial charge < -0.3 is 9.80 Å². The molecule has 0 bridgehead atoms. The van der Waals surface area contributed by atoms with Crippen LogP contribution in [-0.4, -0.2) is 43.2 Å². The van der Waals surface area contributed by atoms with E-state index in [2.05, 4.69) is 10.1 Å². The largest absolute Gasteiger partial charge is 0.363 e. The highest BCUT2D eigenvalue weighted by Gasteiger charge is 2.33. The van der Waals surface area contributed by atoms with Gasteiger partial charge in [0.05, 0.1) is 12.2 Å². The number of pyridine rings is 1. The Bertz CT molecular complexity index is 1160. The smallest absolute Gasteiger partial charge is 0.286 e. The van der Waals surface area contributed by atoms with Gasteiger partial charge in [0.25, 0.3) is 10.0 Å². The van der Waals surface area contributed by atoms with E-state index >= 15 is 0 Å². The summed E-state index contributed by atoms with van der Waals surface area (Å²) in [4.78, 5) is 7.67. The number of benzene rings is 1. The number of anilines is 2. The van der Waals surface area contributed by atoms with E-state index in [0.717, 1.165) is 22.3 Å². The Labute approximate surface area is 173 Å². The van der Waals surface area contributed by atoms with Gasteiger partial charge >= 0.3 is 0 Å². The van der Waals surface area contributed by atoms with Crippen molar-refractivity contribution in [1.29, 1.82) is 0 Å². The molecular formula is C20H21F2N5O2S. The maximum atomic E-state index is 14.4. The fourth-order valence-electron chi connectivity index (χ4n) is 3.70. The van der Waals surface area contributed by atoms with E-state index in [1.807, 2.05) is 0 Å². The van der Waals surface area contributed by atoms with E-state index in [-0.39, 0.29) is 10.5 Å². The zero-order chi connectivity index (χ0) is 21.5. The summed E-state index contributed by atoms with van der Waals surface area (Å²) in [5.41, 5.74) is 0.203. The van der Waals surface area contributed by atoms with E-state index in [1.165, 1.54) is 18.5 Å². The first-order valence-corrected chi connectivity index (χ1v) is 10.9. The van der Waals surface area contributed by atoms with Crippen molar-refractivity contribution in [3.8, 4) is 0 Å². The van der Waals surface area contributed by atoms with Crippen molar-refractivity contribution in [3.05, 3.63) is 66.0 Å². The van der Waals surface area contributed by atoms with E-state index in [0.29, 0.717) is 31.0 Å². The highest BCUT2D eigenvalue weighted by Crippen LogP contribution is 2.38. The fourth-order valence-corrected chi connectivity index (χ4v) is 4.91. The maximum Gasteiger partial charge on any atom is 0.286 e. The van der Waals surface area contributed by atoms with Crippen LogP contribution in [0.15, 0.2) is 53.7 Å². The van der Waals surface area contributed by atoms with Crippen LogP contribution in [0.5, 0.6) is 0 Å². The number of halogens is 2. The molecule has 158 valence electrons. The van der Waals surface area contributed by atoms with Gasteiger partial charge in [-0.2, -0.15) is 13.5 Å². The van der Waals surface area contributed by atoms with Gasteiger partial charge in [0, 0.05) is 38.5 Å². The summed E-state index contributed by atoms with van der Waals surface area (Å²) in [7, 11) is -0.402. The Balaban J connectivity index is 1.72. The van der Waals surface area contributed by atoms with Crippen LogP contribution in [0.4, 0.5) is 20.4 Å². The molecule has 3 heterocycles. The Morgan fingerprint density at radius 3 is 2.63 bits per heavy atom. The first kappa shape index (κ1) is 20.3. The monoisotopic (exact) mass is 433 g/mol. The number of nitrogens with zero attached hydrogens (tertiary/aromatic N) is 5. The van der Waals surface area contributed by atoms with Crippen LogP contribution in [0.1, 0.15) is 24.4 Å². The topological polar surface area (TPSA) is 71.3 Å². The summed E-state index contributed by atoms with van der Waals surface area (Å²) < 4.78 is 55.5.